The Bertz CT molecular complexity index is 554. The number of aryl methyl sites for hydroxylation is 2. The van der Waals surface area contributed by atoms with Gasteiger partial charge in [0.2, 0.25) is 0 Å². The largest absolute Gasteiger partial charge is 0.497 e. The molecule has 2 aromatic rings. The fraction of sp³-hybridized carbons (Fsp3) is 0.357. The maximum absolute atomic E-state index is 13.8. The summed E-state index contributed by atoms with van der Waals surface area (Å²) in [5, 5.41) is 14.1. The minimum atomic E-state index is -0.833. The smallest absolute Gasteiger partial charge is 0.132 e. The van der Waals surface area contributed by atoms with E-state index in [2.05, 4.69) is 5.10 Å². The van der Waals surface area contributed by atoms with Gasteiger partial charge in [-0.3, -0.25) is 4.68 Å². The van der Waals surface area contributed by atoms with Gasteiger partial charge in [0.15, 0.2) is 0 Å². The SMILES string of the molecule is COc1ccc(C(O)CCc2ccnn2C)c(F)c1. The molecule has 0 bridgehead atoms. The van der Waals surface area contributed by atoms with Crippen LogP contribution >= 0.6 is 0 Å². The Hall–Kier alpha value is -1.88. The van der Waals surface area contributed by atoms with Gasteiger partial charge in [0, 0.05) is 30.6 Å². The molecule has 1 atom stereocenters. The van der Waals surface area contributed by atoms with Crippen molar-refractivity contribution >= 4 is 0 Å². The second-order valence-electron chi connectivity index (χ2n) is 4.39. The van der Waals surface area contributed by atoms with Crippen molar-refractivity contribution in [3.8, 4) is 5.75 Å². The Kier molecular flexibility index (Phi) is 4.16. The van der Waals surface area contributed by atoms with E-state index in [0.29, 0.717) is 24.2 Å². The lowest BCUT2D eigenvalue weighted by molar-refractivity contribution is 0.162. The Labute approximate surface area is 111 Å². The number of aliphatic hydroxyl groups is 1. The summed E-state index contributed by atoms with van der Waals surface area (Å²) in [7, 11) is 3.32. The summed E-state index contributed by atoms with van der Waals surface area (Å²) in [4.78, 5) is 0. The molecule has 0 aliphatic carbocycles. The van der Waals surface area contributed by atoms with Crippen molar-refractivity contribution in [1.29, 1.82) is 0 Å². The van der Waals surface area contributed by atoms with Crippen LogP contribution in [0.5, 0.6) is 5.75 Å². The van der Waals surface area contributed by atoms with Crippen molar-refractivity contribution in [1.82, 2.24) is 9.78 Å². The minimum absolute atomic E-state index is 0.294. The zero-order valence-electron chi connectivity index (χ0n) is 11.0. The molecule has 0 spiro atoms. The average Bonchev–Trinajstić information content (AvgIpc) is 2.81. The van der Waals surface area contributed by atoms with Crippen molar-refractivity contribution in [2.24, 2.45) is 7.05 Å². The fourth-order valence-corrected chi connectivity index (χ4v) is 1.99. The number of hydrogen-bond acceptors (Lipinski definition) is 3. The highest BCUT2D eigenvalue weighted by Gasteiger charge is 2.14. The van der Waals surface area contributed by atoms with Crippen molar-refractivity contribution < 1.29 is 14.2 Å². The minimum Gasteiger partial charge on any atom is -0.497 e. The molecule has 1 aromatic carbocycles. The van der Waals surface area contributed by atoms with Crippen LogP contribution < -0.4 is 4.74 Å². The van der Waals surface area contributed by atoms with E-state index in [1.165, 1.54) is 13.2 Å². The fourth-order valence-electron chi connectivity index (χ4n) is 1.99. The van der Waals surface area contributed by atoms with Crippen molar-refractivity contribution in [3.05, 3.63) is 47.5 Å². The Morgan fingerprint density at radius 2 is 2.21 bits per heavy atom. The Morgan fingerprint density at radius 1 is 1.42 bits per heavy atom. The third-order valence-corrected chi connectivity index (χ3v) is 3.16. The number of rotatable bonds is 5. The van der Waals surface area contributed by atoms with Crippen LogP contribution in [-0.2, 0) is 13.5 Å². The summed E-state index contributed by atoms with van der Waals surface area (Å²) in [5.41, 5.74) is 1.30. The highest BCUT2D eigenvalue weighted by atomic mass is 19.1. The molecule has 0 saturated carbocycles. The highest BCUT2D eigenvalue weighted by Crippen LogP contribution is 2.25. The number of halogens is 1. The van der Waals surface area contributed by atoms with Crippen LogP contribution in [0.2, 0.25) is 0 Å². The standard InChI is InChI=1S/C14H17FN2O2/c1-17-10(7-8-16-17)3-6-14(18)12-5-4-11(19-2)9-13(12)15/h4-5,7-9,14,18H,3,6H2,1-2H3. The van der Waals surface area contributed by atoms with Gasteiger partial charge in [0.05, 0.1) is 13.2 Å². The van der Waals surface area contributed by atoms with E-state index in [9.17, 15) is 9.50 Å². The van der Waals surface area contributed by atoms with Crippen molar-refractivity contribution in [3.63, 3.8) is 0 Å². The third kappa shape index (κ3) is 3.12. The molecule has 0 aliphatic rings. The van der Waals surface area contributed by atoms with Crippen LogP contribution in [-0.4, -0.2) is 22.0 Å². The molecule has 1 N–H and O–H groups in total. The zero-order valence-corrected chi connectivity index (χ0v) is 11.0. The monoisotopic (exact) mass is 264 g/mol. The average molecular weight is 264 g/mol. The molecule has 0 radical (unpaired) electrons. The summed E-state index contributed by atoms with van der Waals surface area (Å²) < 4.78 is 20.5. The van der Waals surface area contributed by atoms with Crippen LogP contribution in [0.25, 0.3) is 0 Å². The Morgan fingerprint density at radius 3 is 2.79 bits per heavy atom. The second-order valence-corrected chi connectivity index (χ2v) is 4.39. The van der Waals surface area contributed by atoms with E-state index in [0.717, 1.165) is 5.69 Å². The lowest BCUT2D eigenvalue weighted by Gasteiger charge is -2.12. The van der Waals surface area contributed by atoms with Gasteiger partial charge < -0.3 is 9.84 Å². The number of hydrogen-bond donors (Lipinski definition) is 1. The highest BCUT2D eigenvalue weighted by molar-refractivity contribution is 5.30. The molecule has 2 rings (SSSR count). The van der Waals surface area contributed by atoms with Gasteiger partial charge >= 0.3 is 0 Å². The normalized spacial score (nSPS) is 12.4. The molecule has 19 heavy (non-hydrogen) atoms. The molecule has 0 saturated heterocycles. The van der Waals surface area contributed by atoms with Crippen LogP contribution in [0.15, 0.2) is 30.5 Å². The van der Waals surface area contributed by atoms with Crippen molar-refractivity contribution in [2.45, 2.75) is 18.9 Å². The van der Waals surface area contributed by atoms with Gasteiger partial charge in [0.1, 0.15) is 11.6 Å². The van der Waals surface area contributed by atoms with E-state index >= 15 is 0 Å². The number of aliphatic hydroxyl groups excluding tert-OH is 1. The summed E-state index contributed by atoms with van der Waals surface area (Å²) in [6.07, 6.45) is 1.96. The number of ether oxygens (including phenoxy) is 1. The van der Waals surface area contributed by atoms with E-state index in [1.807, 2.05) is 13.1 Å². The molecule has 1 heterocycles. The van der Waals surface area contributed by atoms with Gasteiger partial charge in [0.25, 0.3) is 0 Å². The topological polar surface area (TPSA) is 47.3 Å². The molecular weight excluding hydrogens is 247 g/mol. The van der Waals surface area contributed by atoms with Gasteiger partial charge in [-0.15, -0.1) is 0 Å². The molecule has 1 aromatic heterocycles. The first-order valence-electron chi connectivity index (χ1n) is 6.10. The first-order valence-corrected chi connectivity index (χ1v) is 6.10. The first-order chi connectivity index (χ1) is 9.11. The van der Waals surface area contributed by atoms with E-state index in [-0.39, 0.29) is 0 Å². The van der Waals surface area contributed by atoms with Crippen LogP contribution in [0.4, 0.5) is 4.39 Å². The molecule has 0 aliphatic heterocycles. The number of methoxy groups -OCH3 is 1. The summed E-state index contributed by atoms with van der Waals surface area (Å²) in [6, 6.07) is 6.37. The van der Waals surface area contributed by atoms with Crippen molar-refractivity contribution in [2.75, 3.05) is 7.11 Å². The van der Waals surface area contributed by atoms with E-state index in [4.69, 9.17) is 4.74 Å². The quantitative estimate of drug-likeness (QED) is 0.901. The zero-order chi connectivity index (χ0) is 13.8. The summed E-state index contributed by atoms with van der Waals surface area (Å²) in [5.74, 6) is -0.00283. The second kappa shape index (κ2) is 5.84. The molecular formula is C14H17FN2O2. The number of nitrogens with zero attached hydrogens (tertiary/aromatic N) is 2. The molecule has 102 valence electrons. The van der Waals surface area contributed by atoms with Gasteiger partial charge in [-0.2, -0.15) is 5.10 Å². The number of benzene rings is 1. The molecule has 0 fully saturated rings. The molecule has 0 amide bonds. The maximum atomic E-state index is 13.8. The summed E-state index contributed by atoms with van der Waals surface area (Å²) in [6.45, 7) is 0. The lowest BCUT2D eigenvalue weighted by atomic mass is 10.0. The molecule has 4 nitrogen and oxygen atoms in total. The predicted octanol–water partition coefficient (Wildman–Crippen LogP) is 2.23. The molecule has 1 unspecified atom stereocenters. The maximum Gasteiger partial charge on any atom is 0.132 e. The van der Waals surface area contributed by atoms with Gasteiger partial charge in [-0.05, 0) is 31.0 Å². The van der Waals surface area contributed by atoms with E-state index < -0.39 is 11.9 Å². The lowest BCUT2D eigenvalue weighted by Crippen LogP contribution is -2.05. The number of aromatic nitrogens is 2. The van der Waals surface area contributed by atoms with Crippen LogP contribution in [0.3, 0.4) is 0 Å². The van der Waals surface area contributed by atoms with Crippen LogP contribution in [0, 0.1) is 5.82 Å². The summed E-state index contributed by atoms with van der Waals surface area (Å²) >= 11 is 0. The van der Waals surface area contributed by atoms with E-state index in [1.54, 1.807) is 23.0 Å². The predicted molar refractivity (Wildman–Crippen MR) is 69.4 cm³/mol. The Balaban J connectivity index is 2.03. The van der Waals surface area contributed by atoms with Gasteiger partial charge in [-0.25, -0.2) is 4.39 Å². The van der Waals surface area contributed by atoms with Crippen LogP contribution in [0.1, 0.15) is 23.8 Å². The van der Waals surface area contributed by atoms with Gasteiger partial charge in [-0.1, -0.05) is 0 Å². The first kappa shape index (κ1) is 13.5. The third-order valence-electron chi connectivity index (χ3n) is 3.16. The molecule has 5 heteroatoms.